The van der Waals surface area contributed by atoms with Crippen molar-refractivity contribution in [1.82, 2.24) is 0 Å². The highest BCUT2D eigenvalue weighted by Gasteiger charge is 2.49. The van der Waals surface area contributed by atoms with Gasteiger partial charge < -0.3 is 14.3 Å². The van der Waals surface area contributed by atoms with Gasteiger partial charge in [0, 0.05) is 6.42 Å². The molecule has 0 aliphatic heterocycles. The summed E-state index contributed by atoms with van der Waals surface area (Å²) in [5, 5.41) is 4.08. The van der Waals surface area contributed by atoms with Gasteiger partial charge in [-0.1, -0.05) is 45.0 Å². The van der Waals surface area contributed by atoms with Crippen LogP contribution in [-0.2, 0) is 23.9 Å². The summed E-state index contributed by atoms with van der Waals surface area (Å²) in [6.07, 6.45) is 3.33. The van der Waals surface area contributed by atoms with Gasteiger partial charge in [0.15, 0.2) is 5.78 Å². The van der Waals surface area contributed by atoms with Gasteiger partial charge in [0.1, 0.15) is 18.3 Å². The number of ether oxygens (including phenoxy) is 2. The minimum atomic E-state index is -0.891. The number of nitrogens with zero attached hydrogens (tertiary/aromatic N) is 1. The lowest BCUT2D eigenvalue weighted by molar-refractivity contribution is -0.154. The fraction of sp³-hybridized carbons (Fsp3) is 0.611. The number of carbonyl (C=O) groups is 2. The van der Waals surface area contributed by atoms with Crippen molar-refractivity contribution in [3.8, 4) is 0 Å². The summed E-state index contributed by atoms with van der Waals surface area (Å²) < 4.78 is 10.3. The zero-order chi connectivity index (χ0) is 18.3. The number of esters is 1. The standard InChI is InChI=1S/C18H27NO5/c1-7-9-12(19-24-10-8-2)14-13(22-5)11-18(3,4)15(16(14)20)17(21)23-6/h8,15H,2,7,9-11H2,1,3-6H3/b19-12+. The van der Waals surface area contributed by atoms with E-state index in [2.05, 4.69) is 11.7 Å². The number of hydrogen-bond acceptors (Lipinski definition) is 6. The van der Waals surface area contributed by atoms with Crippen LogP contribution in [0.1, 0.15) is 40.0 Å². The number of oxime groups is 1. The molecular formula is C18H27NO5. The monoisotopic (exact) mass is 337 g/mol. The average molecular weight is 337 g/mol. The van der Waals surface area contributed by atoms with Crippen LogP contribution >= 0.6 is 0 Å². The molecule has 24 heavy (non-hydrogen) atoms. The van der Waals surface area contributed by atoms with Crippen molar-refractivity contribution < 1.29 is 23.9 Å². The number of ketones is 1. The van der Waals surface area contributed by atoms with E-state index >= 15 is 0 Å². The lowest BCUT2D eigenvalue weighted by Crippen LogP contribution is -2.44. The molecule has 134 valence electrons. The molecule has 0 N–H and O–H groups in total. The summed E-state index contributed by atoms with van der Waals surface area (Å²) in [5.74, 6) is -1.23. The van der Waals surface area contributed by atoms with Gasteiger partial charge >= 0.3 is 5.97 Å². The van der Waals surface area contributed by atoms with Gasteiger partial charge in [-0.15, -0.1) is 0 Å². The molecule has 0 amide bonds. The smallest absolute Gasteiger partial charge is 0.317 e. The number of Topliss-reactive ketones (excluding diaryl/α,β-unsaturated/α-hetero) is 1. The fourth-order valence-corrected chi connectivity index (χ4v) is 2.88. The van der Waals surface area contributed by atoms with Crippen molar-refractivity contribution in [2.24, 2.45) is 16.5 Å². The summed E-state index contributed by atoms with van der Waals surface area (Å²) in [7, 11) is 2.81. The topological polar surface area (TPSA) is 74.2 Å². The maximum Gasteiger partial charge on any atom is 0.317 e. The largest absolute Gasteiger partial charge is 0.500 e. The summed E-state index contributed by atoms with van der Waals surface area (Å²) in [4.78, 5) is 30.4. The Bertz CT molecular complexity index is 560. The van der Waals surface area contributed by atoms with Crippen LogP contribution in [0.5, 0.6) is 0 Å². The molecule has 0 spiro atoms. The van der Waals surface area contributed by atoms with Crippen LogP contribution in [0.3, 0.4) is 0 Å². The van der Waals surface area contributed by atoms with Crippen molar-refractivity contribution in [2.45, 2.75) is 40.0 Å². The van der Waals surface area contributed by atoms with E-state index < -0.39 is 17.3 Å². The van der Waals surface area contributed by atoms with Crippen LogP contribution in [-0.4, -0.2) is 38.3 Å². The molecule has 0 bridgehead atoms. The van der Waals surface area contributed by atoms with E-state index in [-0.39, 0.29) is 12.4 Å². The molecule has 0 saturated heterocycles. The van der Waals surface area contributed by atoms with E-state index in [9.17, 15) is 9.59 Å². The van der Waals surface area contributed by atoms with Gasteiger partial charge in [-0.05, 0) is 11.8 Å². The Labute approximate surface area is 143 Å². The molecule has 1 rings (SSSR count). The van der Waals surface area contributed by atoms with Crippen molar-refractivity contribution in [2.75, 3.05) is 20.8 Å². The molecule has 0 fully saturated rings. The van der Waals surface area contributed by atoms with Gasteiger partial charge in [-0.2, -0.15) is 0 Å². The van der Waals surface area contributed by atoms with Crippen LogP contribution in [0.15, 0.2) is 29.1 Å². The molecule has 1 unspecified atom stereocenters. The van der Waals surface area contributed by atoms with Gasteiger partial charge in [0.25, 0.3) is 0 Å². The first kappa shape index (κ1) is 19.9. The van der Waals surface area contributed by atoms with E-state index in [1.165, 1.54) is 14.2 Å². The van der Waals surface area contributed by atoms with E-state index in [0.717, 1.165) is 6.42 Å². The third kappa shape index (κ3) is 4.24. The molecule has 0 saturated carbocycles. The van der Waals surface area contributed by atoms with Gasteiger partial charge in [0.05, 0.1) is 25.5 Å². The lowest BCUT2D eigenvalue weighted by Gasteiger charge is -2.37. The molecule has 0 radical (unpaired) electrons. The van der Waals surface area contributed by atoms with Crippen molar-refractivity contribution in [3.63, 3.8) is 0 Å². The van der Waals surface area contributed by atoms with E-state index in [0.29, 0.717) is 29.9 Å². The van der Waals surface area contributed by atoms with Crippen molar-refractivity contribution in [3.05, 3.63) is 24.0 Å². The maximum absolute atomic E-state index is 13.1. The first-order valence-electron chi connectivity index (χ1n) is 8.03. The molecule has 0 aromatic carbocycles. The van der Waals surface area contributed by atoms with E-state index in [1.54, 1.807) is 6.08 Å². The van der Waals surface area contributed by atoms with Crippen LogP contribution in [0.2, 0.25) is 0 Å². The SMILES string of the molecule is C=CCO/N=C(\CCC)C1=C(OC)CC(C)(C)C(C(=O)OC)C1=O. The maximum atomic E-state index is 13.1. The van der Waals surface area contributed by atoms with Crippen LogP contribution in [0.25, 0.3) is 0 Å². The summed E-state index contributed by atoms with van der Waals surface area (Å²) in [5.41, 5.74) is 0.224. The predicted molar refractivity (Wildman–Crippen MR) is 91.4 cm³/mol. The Morgan fingerprint density at radius 1 is 1.42 bits per heavy atom. The molecule has 1 atom stereocenters. The number of methoxy groups -OCH3 is 2. The molecule has 6 heteroatoms. The fourth-order valence-electron chi connectivity index (χ4n) is 2.88. The highest BCUT2D eigenvalue weighted by Crippen LogP contribution is 2.43. The summed E-state index contributed by atoms with van der Waals surface area (Å²) in [6, 6.07) is 0. The third-order valence-corrected chi connectivity index (χ3v) is 4.01. The van der Waals surface area contributed by atoms with Crippen LogP contribution < -0.4 is 0 Å². The van der Waals surface area contributed by atoms with Gasteiger partial charge in [0.2, 0.25) is 0 Å². The predicted octanol–water partition coefficient (Wildman–Crippen LogP) is 3.03. The normalized spacial score (nSPS) is 20.6. The van der Waals surface area contributed by atoms with Gasteiger partial charge in [-0.3, -0.25) is 9.59 Å². The Kier molecular flexibility index (Phi) is 7.19. The minimum Gasteiger partial charge on any atom is -0.500 e. The Morgan fingerprint density at radius 3 is 2.58 bits per heavy atom. The van der Waals surface area contributed by atoms with Crippen LogP contribution in [0, 0.1) is 11.3 Å². The van der Waals surface area contributed by atoms with Crippen LogP contribution in [0.4, 0.5) is 0 Å². The second kappa shape index (κ2) is 8.66. The molecule has 0 heterocycles. The van der Waals surface area contributed by atoms with Crippen molar-refractivity contribution in [1.29, 1.82) is 0 Å². The molecular weight excluding hydrogens is 310 g/mol. The molecule has 1 aliphatic rings. The van der Waals surface area contributed by atoms with Gasteiger partial charge in [-0.25, -0.2) is 0 Å². The number of allylic oxidation sites excluding steroid dienone is 2. The molecule has 1 aliphatic carbocycles. The zero-order valence-corrected chi connectivity index (χ0v) is 15.2. The number of rotatable bonds is 8. The average Bonchev–Trinajstić information content (AvgIpc) is 2.53. The molecule has 0 aromatic heterocycles. The highest BCUT2D eigenvalue weighted by molar-refractivity contribution is 6.27. The van der Waals surface area contributed by atoms with E-state index in [1.807, 2.05) is 20.8 Å². The Balaban J connectivity index is 3.40. The molecule has 0 aromatic rings. The number of hydrogen-bond donors (Lipinski definition) is 0. The zero-order valence-electron chi connectivity index (χ0n) is 15.2. The first-order valence-corrected chi connectivity index (χ1v) is 8.03. The number of carbonyl (C=O) groups excluding carboxylic acids is 2. The summed E-state index contributed by atoms with van der Waals surface area (Å²) in [6.45, 7) is 9.49. The lowest BCUT2D eigenvalue weighted by atomic mass is 9.67. The second-order valence-electron chi connectivity index (χ2n) is 6.36. The highest BCUT2D eigenvalue weighted by atomic mass is 16.6. The molecule has 6 nitrogen and oxygen atoms in total. The Morgan fingerprint density at radius 2 is 2.08 bits per heavy atom. The summed E-state index contributed by atoms with van der Waals surface area (Å²) >= 11 is 0. The minimum absolute atomic E-state index is 0.239. The quantitative estimate of drug-likeness (QED) is 0.170. The van der Waals surface area contributed by atoms with E-state index in [4.69, 9.17) is 14.3 Å². The first-order chi connectivity index (χ1) is 11.3. The van der Waals surface area contributed by atoms with Crippen molar-refractivity contribution >= 4 is 17.5 Å². The third-order valence-electron chi connectivity index (χ3n) is 4.01. The second-order valence-corrected chi connectivity index (χ2v) is 6.36. The Hall–Kier alpha value is -2.11.